The average molecular weight is 302 g/mol. The summed E-state index contributed by atoms with van der Waals surface area (Å²) in [5.74, 6) is -0.837. The van der Waals surface area contributed by atoms with Gasteiger partial charge < -0.3 is 14.9 Å². The van der Waals surface area contributed by atoms with E-state index in [1.54, 1.807) is 9.80 Å². The van der Waals surface area contributed by atoms with Gasteiger partial charge in [-0.25, -0.2) is 0 Å². The fourth-order valence-corrected chi connectivity index (χ4v) is 3.43. The monoisotopic (exact) mass is 302 g/mol. The molecule has 1 aromatic carbocycles. The number of carbonyl (C=O) groups is 2. The molecule has 1 N–H and O–H groups in total. The number of β-amino-alcohol motifs (C(OH)–C–C–N with tert-alkyl or cyclic N) is 1. The summed E-state index contributed by atoms with van der Waals surface area (Å²) >= 11 is 0. The zero-order chi connectivity index (χ0) is 15.9. The van der Waals surface area contributed by atoms with Crippen molar-refractivity contribution in [2.75, 3.05) is 24.5 Å². The Bertz CT molecular complexity index is 594. The molecule has 5 nitrogen and oxygen atoms in total. The van der Waals surface area contributed by atoms with Crippen molar-refractivity contribution in [3.63, 3.8) is 0 Å². The Hall–Kier alpha value is -1.88. The number of nitrogens with zero attached hydrogens (tertiary/aromatic N) is 2. The Morgan fingerprint density at radius 1 is 1.14 bits per heavy atom. The summed E-state index contributed by atoms with van der Waals surface area (Å²) in [7, 11) is 0. The highest BCUT2D eigenvalue weighted by Gasteiger charge is 2.41. The molecule has 2 amide bonds. The van der Waals surface area contributed by atoms with Crippen molar-refractivity contribution in [2.45, 2.75) is 32.8 Å². The number of hydrogen-bond donors (Lipinski definition) is 1. The molecule has 1 aromatic rings. The van der Waals surface area contributed by atoms with Gasteiger partial charge in [-0.1, -0.05) is 6.07 Å². The Morgan fingerprint density at radius 3 is 2.41 bits per heavy atom. The SMILES string of the molecule is Cc1cc(C)cc(N2CCC(C(=O)N3CC[C@@H](O)C3)C2=O)c1. The number of carbonyl (C=O) groups excluding carboxylic acids is 2. The van der Waals surface area contributed by atoms with Gasteiger partial charge in [0.15, 0.2) is 0 Å². The van der Waals surface area contributed by atoms with E-state index in [1.165, 1.54) is 0 Å². The van der Waals surface area contributed by atoms with Crippen LogP contribution in [0.25, 0.3) is 0 Å². The molecule has 0 spiro atoms. The van der Waals surface area contributed by atoms with Crippen LogP contribution in [0.1, 0.15) is 24.0 Å². The number of likely N-dealkylation sites (tertiary alicyclic amines) is 1. The van der Waals surface area contributed by atoms with E-state index in [2.05, 4.69) is 6.07 Å². The van der Waals surface area contributed by atoms with E-state index < -0.39 is 12.0 Å². The molecule has 118 valence electrons. The Kier molecular flexibility index (Phi) is 3.91. The highest BCUT2D eigenvalue weighted by molar-refractivity contribution is 6.09. The molecule has 0 aliphatic carbocycles. The van der Waals surface area contributed by atoms with Crippen LogP contribution in [-0.4, -0.2) is 47.6 Å². The van der Waals surface area contributed by atoms with Crippen LogP contribution >= 0.6 is 0 Å². The summed E-state index contributed by atoms with van der Waals surface area (Å²) in [4.78, 5) is 28.4. The topological polar surface area (TPSA) is 60.9 Å². The number of aliphatic hydroxyl groups is 1. The van der Waals surface area contributed by atoms with Crippen molar-refractivity contribution in [3.8, 4) is 0 Å². The van der Waals surface area contributed by atoms with Gasteiger partial charge in [0.2, 0.25) is 11.8 Å². The van der Waals surface area contributed by atoms with Gasteiger partial charge in [0.25, 0.3) is 0 Å². The Balaban J connectivity index is 1.76. The molecule has 2 aliphatic heterocycles. The summed E-state index contributed by atoms with van der Waals surface area (Å²) < 4.78 is 0. The lowest BCUT2D eigenvalue weighted by atomic mass is 10.1. The van der Waals surface area contributed by atoms with Gasteiger partial charge in [0.05, 0.1) is 6.10 Å². The fourth-order valence-electron chi connectivity index (χ4n) is 3.43. The molecule has 3 rings (SSSR count). The molecule has 2 heterocycles. The average Bonchev–Trinajstić information content (AvgIpc) is 3.03. The van der Waals surface area contributed by atoms with Crippen LogP contribution in [0.2, 0.25) is 0 Å². The van der Waals surface area contributed by atoms with Crippen LogP contribution in [-0.2, 0) is 9.59 Å². The zero-order valence-electron chi connectivity index (χ0n) is 13.1. The number of hydrogen-bond acceptors (Lipinski definition) is 3. The van der Waals surface area contributed by atoms with Crippen LogP contribution in [0, 0.1) is 19.8 Å². The molecule has 0 radical (unpaired) electrons. The first-order chi connectivity index (χ1) is 10.5. The first-order valence-corrected chi connectivity index (χ1v) is 7.82. The fraction of sp³-hybridized carbons (Fsp3) is 0.529. The Labute approximate surface area is 130 Å². The number of rotatable bonds is 2. The highest BCUT2D eigenvalue weighted by atomic mass is 16.3. The normalized spacial score (nSPS) is 25.1. The first-order valence-electron chi connectivity index (χ1n) is 7.82. The minimum absolute atomic E-state index is 0.114. The van der Waals surface area contributed by atoms with Gasteiger partial charge in [-0.15, -0.1) is 0 Å². The molecule has 0 aromatic heterocycles. The minimum atomic E-state index is -0.592. The molecule has 2 fully saturated rings. The van der Waals surface area contributed by atoms with E-state index in [9.17, 15) is 14.7 Å². The number of amides is 2. The van der Waals surface area contributed by atoms with Crippen LogP contribution in [0.4, 0.5) is 5.69 Å². The third-order valence-corrected chi connectivity index (χ3v) is 4.50. The smallest absolute Gasteiger partial charge is 0.239 e. The van der Waals surface area contributed by atoms with Crippen molar-refractivity contribution < 1.29 is 14.7 Å². The third-order valence-electron chi connectivity index (χ3n) is 4.50. The molecule has 22 heavy (non-hydrogen) atoms. The van der Waals surface area contributed by atoms with Gasteiger partial charge in [0, 0.05) is 25.3 Å². The number of aliphatic hydroxyl groups excluding tert-OH is 1. The predicted octanol–water partition coefficient (Wildman–Crippen LogP) is 1.25. The molecular formula is C17H22N2O3. The second-order valence-electron chi connectivity index (χ2n) is 6.40. The lowest BCUT2D eigenvalue weighted by Crippen LogP contribution is -2.39. The number of benzene rings is 1. The summed E-state index contributed by atoms with van der Waals surface area (Å²) in [6, 6.07) is 6.03. The molecule has 2 atom stereocenters. The van der Waals surface area contributed by atoms with Gasteiger partial charge in [0.1, 0.15) is 5.92 Å². The Morgan fingerprint density at radius 2 is 1.82 bits per heavy atom. The maximum absolute atomic E-state index is 12.6. The first kappa shape index (κ1) is 15.0. The van der Waals surface area contributed by atoms with Crippen LogP contribution in [0.5, 0.6) is 0 Å². The van der Waals surface area contributed by atoms with E-state index in [-0.39, 0.29) is 11.8 Å². The zero-order valence-corrected chi connectivity index (χ0v) is 13.1. The van der Waals surface area contributed by atoms with Gasteiger partial charge in [-0.2, -0.15) is 0 Å². The molecular weight excluding hydrogens is 280 g/mol. The molecule has 5 heteroatoms. The second-order valence-corrected chi connectivity index (χ2v) is 6.40. The summed E-state index contributed by atoms with van der Waals surface area (Å²) in [5, 5.41) is 9.56. The maximum atomic E-state index is 12.6. The standard InChI is InChI=1S/C17H22N2O3/c1-11-7-12(2)9-13(8-11)19-6-4-15(17(19)22)16(21)18-5-3-14(20)10-18/h7-9,14-15,20H,3-6,10H2,1-2H3/t14-,15?/m1/s1. The van der Waals surface area contributed by atoms with E-state index >= 15 is 0 Å². The van der Waals surface area contributed by atoms with Crippen molar-refractivity contribution in [3.05, 3.63) is 29.3 Å². The molecule has 0 saturated carbocycles. The van der Waals surface area contributed by atoms with Gasteiger partial charge in [-0.3, -0.25) is 9.59 Å². The molecule has 2 aliphatic rings. The van der Waals surface area contributed by atoms with E-state index in [0.717, 1.165) is 16.8 Å². The number of anilines is 1. The van der Waals surface area contributed by atoms with Crippen molar-refractivity contribution in [1.82, 2.24) is 4.90 Å². The largest absolute Gasteiger partial charge is 0.391 e. The molecule has 1 unspecified atom stereocenters. The quantitative estimate of drug-likeness (QED) is 0.836. The minimum Gasteiger partial charge on any atom is -0.391 e. The summed E-state index contributed by atoms with van der Waals surface area (Å²) in [6.45, 7) is 5.49. The van der Waals surface area contributed by atoms with Crippen molar-refractivity contribution in [1.29, 1.82) is 0 Å². The number of aryl methyl sites for hydroxylation is 2. The maximum Gasteiger partial charge on any atom is 0.239 e. The van der Waals surface area contributed by atoms with Crippen LogP contribution < -0.4 is 4.90 Å². The lowest BCUT2D eigenvalue weighted by molar-refractivity contribution is -0.139. The summed E-state index contributed by atoms with van der Waals surface area (Å²) in [5.41, 5.74) is 3.10. The molecule has 2 saturated heterocycles. The predicted molar refractivity (Wildman–Crippen MR) is 83.6 cm³/mol. The van der Waals surface area contributed by atoms with Crippen molar-refractivity contribution >= 4 is 17.5 Å². The highest BCUT2D eigenvalue weighted by Crippen LogP contribution is 2.29. The van der Waals surface area contributed by atoms with E-state index in [0.29, 0.717) is 32.5 Å². The van der Waals surface area contributed by atoms with Crippen molar-refractivity contribution in [2.24, 2.45) is 5.92 Å². The van der Waals surface area contributed by atoms with Gasteiger partial charge in [-0.05, 0) is 49.9 Å². The summed E-state index contributed by atoms with van der Waals surface area (Å²) in [6.07, 6.45) is 0.709. The van der Waals surface area contributed by atoms with E-state index in [1.807, 2.05) is 26.0 Å². The third kappa shape index (κ3) is 2.73. The second kappa shape index (κ2) is 5.72. The lowest BCUT2D eigenvalue weighted by Gasteiger charge is -2.21. The van der Waals surface area contributed by atoms with E-state index in [4.69, 9.17) is 0 Å². The van der Waals surface area contributed by atoms with Gasteiger partial charge >= 0.3 is 0 Å². The molecule has 0 bridgehead atoms. The van der Waals surface area contributed by atoms with Crippen LogP contribution in [0.15, 0.2) is 18.2 Å². The van der Waals surface area contributed by atoms with Crippen LogP contribution in [0.3, 0.4) is 0 Å².